The molecule has 1 aromatic rings. The fourth-order valence-corrected chi connectivity index (χ4v) is 1.99. The molecule has 1 heterocycles. The van der Waals surface area contributed by atoms with Crippen LogP contribution in [0.15, 0.2) is 24.3 Å². The van der Waals surface area contributed by atoms with Crippen molar-refractivity contribution in [3.63, 3.8) is 0 Å². The summed E-state index contributed by atoms with van der Waals surface area (Å²) < 4.78 is 0. The SMILES string of the molecule is CN1CCN(CCC(=O)Nc2cccc(N)c2)C1=O. The summed E-state index contributed by atoms with van der Waals surface area (Å²) in [5.41, 5.74) is 6.91. The first-order valence-electron chi connectivity index (χ1n) is 6.21. The van der Waals surface area contributed by atoms with Crippen molar-refractivity contribution in [3.8, 4) is 0 Å². The van der Waals surface area contributed by atoms with Gasteiger partial charge in [0.05, 0.1) is 0 Å². The third-order valence-corrected chi connectivity index (χ3v) is 3.08. The number of anilines is 2. The van der Waals surface area contributed by atoms with Gasteiger partial charge < -0.3 is 20.9 Å². The Hall–Kier alpha value is -2.24. The van der Waals surface area contributed by atoms with Gasteiger partial charge >= 0.3 is 6.03 Å². The molecule has 3 N–H and O–H groups in total. The van der Waals surface area contributed by atoms with Gasteiger partial charge in [-0.1, -0.05) is 6.07 Å². The van der Waals surface area contributed by atoms with Crippen LogP contribution in [0, 0.1) is 0 Å². The summed E-state index contributed by atoms with van der Waals surface area (Å²) >= 11 is 0. The largest absolute Gasteiger partial charge is 0.399 e. The Morgan fingerprint density at radius 2 is 2.21 bits per heavy atom. The number of nitrogens with zero attached hydrogens (tertiary/aromatic N) is 2. The molecule has 0 spiro atoms. The van der Waals surface area contributed by atoms with Gasteiger partial charge in [0.15, 0.2) is 0 Å². The topological polar surface area (TPSA) is 78.7 Å². The Morgan fingerprint density at radius 3 is 2.84 bits per heavy atom. The Bertz CT molecular complexity index is 489. The van der Waals surface area contributed by atoms with Crippen LogP contribution in [0.5, 0.6) is 0 Å². The zero-order valence-electron chi connectivity index (χ0n) is 10.9. The van der Waals surface area contributed by atoms with Crippen molar-refractivity contribution in [2.24, 2.45) is 0 Å². The molecule has 0 aliphatic carbocycles. The van der Waals surface area contributed by atoms with E-state index in [-0.39, 0.29) is 18.4 Å². The van der Waals surface area contributed by atoms with Gasteiger partial charge in [0, 0.05) is 44.5 Å². The average molecular weight is 262 g/mol. The van der Waals surface area contributed by atoms with E-state index in [9.17, 15) is 9.59 Å². The van der Waals surface area contributed by atoms with Crippen molar-refractivity contribution in [1.82, 2.24) is 9.80 Å². The fraction of sp³-hybridized carbons (Fsp3) is 0.385. The molecule has 19 heavy (non-hydrogen) atoms. The van der Waals surface area contributed by atoms with Gasteiger partial charge in [-0.2, -0.15) is 0 Å². The predicted molar refractivity (Wildman–Crippen MR) is 73.7 cm³/mol. The molecule has 3 amide bonds. The van der Waals surface area contributed by atoms with E-state index in [2.05, 4.69) is 5.32 Å². The molecule has 0 saturated carbocycles. The maximum absolute atomic E-state index is 11.8. The lowest BCUT2D eigenvalue weighted by Gasteiger charge is -2.15. The molecule has 2 rings (SSSR count). The van der Waals surface area contributed by atoms with Crippen LogP contribution in [-0.4, -0.2) is 48.4 Å². The van der Waals surface area contributed by atoms with Gasteiger partial charge in [0.25, 0.3) is 0 Å². The van der Waals surface area contributed by atoms with Crippen LogP contribution in [0.4, 0.5) is 16.2 Å². The van der Waals surface area contributed by atoms with Crippen LogP contribution in [0.3, 0.4) is 0 Å². The van der Waals surface area contributed by atoms with Crippen LogP contribution < -0.4 is 11.1 Å². The molecule has 1 aliphatic rings. The van der Waals surface area contributed by atoms with Crippen LogP contribution in [0.25, 0.3) is 0 Å². The molecule has 102 valence electrons. The summed E-state index contributed by atoms with van der Waals surface area (Å²) in [6.07, 6.45) is 0.286. The average Bonchev–Trinajstić information content (AvgIpc) is 2.68. The Morgan fingerprint density at radius 1 is 1.42 bits per heavy atom. The van der Waals surface area contributed by atoms with Crippen molar-refractivity contribution in [1.29, 1.82) is 0 Å². The third-order valence-electron chi connectivity index (χ3n) is 3.08. The van der Waals surface area contributed by atoms with E-state index in [4.69, 9.17) is 5.73 Å². The van der Waals surface area contributed by atoms with Gasteiger partial charge in [-0.15, -0.1) is 0 Å². The number of nitrogens with one attached hydrogen (secondary N) is 1. The standard InChI is InChI=1S/C13H18N4O2/c1-16-7-8-17(13(16)19)6-5-12(18)15-11-4-2-3-10(14)9-11/h2-4,9H,5-8,14H2,1H3,(H,15,18). The van der Waals surface area contributed by atoms with Gasteiger partial charge in [0.1, 0.15) is 0 Å². The van der Waals surface area contributed by atoms with Crippen molar-refractivity contribution in [3.05, 3.63) is 24.3 Å². The van der Waals surface area contributed by atoms with E-state index in [0.29, 0.717) is 24.5 Å². The van der Waals surface area contributed by atoms with Crippen molar-refractivity contribution in [2.75, 3.05) is 37.7 Å². The summed E-state index contributed by atoms with van der Waals surface area (Å²) in [7, 11) is 1.76. The van der Waals surface area contributed by atoms with Gasteiger partial charge in [-0.3, -0.25) is 4.79 Å². The number of carbonyl (C=O) groups excluding carboxylic acids is 2. The highest BCUT2D eigenvalue weighted by atomic mass is 16.2. The molecule has 0 aromatic heterocycles. The van der Waals surface area contributed by atoms with E-state index in [0.717, 1.165) is 6.54 Å². The first-order chi connectivity index (χ1) is 9.06. The molecule has 1 aliphatic heterocycles. The fourth-order valence-electron chi connectivity index (χ4n) is 1.99. The van der Waals surface area contributed by atoms with Crippen molar-refractivity contribution >= 4 is 23.3 Å². The maximum atomic E-state index is 11.8. The summed E-state index contributed by atoms with van der Waals surface area (Å²) in [6, 6.07) is 7.00. The van der Waals surface area contributed by atoms with Crippen LogP contribution in [0.1, 0.15) is 6.42 Å². The van der Waals surface area contributed by atoms with E-state index in [1.165, 1.54) is 0 Å². The molecule has 0 atom stereocenters. The third kappa shape index (κ3) is 3.37. The molecule has 1 saturated heterocycles. The highest BCUT2D eigenvalue weighted by Crippen LogP contribution is 2.12. The van der Waals surface area contributed by atoms with E-state index < -0.39 is 0 Å². The molecule has 1 fully saturated rings. The minimum absolute atomic E-state index is 0.0169. The van der Waals surface area contributed by atoms with E-state index in [1.54, 1.807) is 41.1 Å². The molecular weight excluding hydrogens is 244 g/mol. The number of amides is 3. The second kappa shape index (κ2) is 5.60. The Balaban J connectivity index is 1.81. The van der Waals surface area contributed by atoms with Crippen LogP contribution >= 0.6 is 0 Å². The quantitative estimate of drug-likeness (QED) is 0.793. The lowest BCUT2D eigenvalue weighted by Crippen LogP contribution is -2.32. The monoisotopic (exact) mass is 262 g/mol. The van der Waals surface area contributed by atoms with Crippen LogP contribution in [0.2, 0.25) is 0 Å². The molecule has 6 nitrogen and oxygen atoms in total. The maximum Gasteiger partial charge on any atom is 0.319 e. The molecule has 1 aromatic carbocycles. The molecule has 0 unspecified atom stereocenters. The molecule has 0 radical (unpaired) electrons. The second-order valence-electron chi connectivity index (χ2n) is 4.61. The van der Waals surface area contributed by atoms with Crippen molar-refractivity contribution in [2.45, 2.75) is 6.42 Å². The van der Waals surface area contributed by atoms with Gasteiger partial charge in [-0.05, 0) is 18.2 Å². The summed E-state index contributed by atoms with van der Waals surface area (Å²) in [4.78, 5) is 26.7. The Kier molecular flexibility index (Phi) is 3.89. The normalized spacial score (nSPS) is 14.9. The smallest absolute Gasteiger partial charge is 0.319 e. The lowest BCUT2D eigenvalue weighted by molar-refractivity contribution is -0.116. The number of hydrogen-bond donors (Lipinski definition) is 2. The number of nitrogen functional groups attached to an aromatic ring is 1. The Labute approximate surface area is 112 Å². The number of nitrogens with two attached hydrogens (primary N) is 1. The number of likely N-dealkylation sites (N-methyl/N-ethyl adjacent to an activating group) is 1. The highest BCUT2D eigenvalue weighted by Gasteiger charge is 2.25. The molecular formula is C13H18N4O2. The summed E-state index contributed by atoms with van der Waals surface area (Å²) in [5, 5.41) is 2.76. The molecule has 6 heteroatoms. The first-order valence-corrected chi connectivity index (χ1v) is 6.21. The van der Waals surface area contributed by atoms with E-state index >= 15 is 0 Å². The number of urea groups is 1. The van der Waals surface area contributed by atoms with Gasteiger partial charge in [0.2, 0.25) is 5.91 Å². The number of rotatable bonds is 4. The number of benzene rings is 1. The summed E-state index contributed by atoms with van der Waals surface area (Å²) in [5.74, 6) is -0.118. The minimum Gasteiger partial charge on any atom is -0.399 e. The molecule has 0 bridgehead atoms. The van der Waals surface area contributed by atoms with E-state index in [1.807, 2.05) is 0 Å². The number of carbonyl (C=O) groups is 2. The predicted octanol–water partition coefficient (Wildman–Crippen LogP) is 0.965. The number of hydrogen-bond acceptors (Lipinski definition) is 3. The van der Waals surface area contributed by atoms with Gasteiger partial charge in [-0.25, -0.2) is 4.79 Å². The van der Waals surface area contributed by atoms with Crippen LogP contribution in [-0.2, 0) is 4.79 Å². The first kappa shape index (κ1) is 13.2. The zero-order chi connectivity index (χ0) is 13.8. The highest BCUT2D eigenvalue weighted by molar-refractivity contribution is 5.91. The van der Waals surface area contributed by atoms with Crippen molar-refractivity contribution < 1.29 is 9.59 Å². The minimum atomic E-state index is -0.118. The summed E-state index contributed by atoms with van der Waals surface area (Å²) in [6.45, 7) is 1.84. The zero-order valence-corrected chi connectivity index (χ0v) is 10.9. The lowest BCUT2D eigenvalue weighted by atomic mass is 10.2. The second-order valence-corrected chi connectivity index (χ2v) is 4.61.